The van der Waals surface area contributed by atoms with Crippen LogP contribution in [-0.2, 0) is 9.59 Å². The zero-order chi connectivity index (χ0) is 18.8. The highest BCUT2D eigenvalue weighted by Gasteiger charge is 2.37. The van der Waals surface area contributed by atoms with E-state index in [0.29, 0.717) is 10.6 Å². The largest absolute Gasteiger partial charge is 0.344 e. The van der Waals surface area contributed by atoms with E-state index in [0.717, 1.165) is 24.3 Å². The number of nitro benzene ring substituents is 2. The second kappa shape index (κ2) is 6.43. The zero-order valence-electron chi connectivity index (χ0n) is 13.0. The molecule has 10 nitrogen and oxygen atoms in total. The molecule has 0 atom stereocenters. The van der Waals surface area contributed by atoms with Gasteiger partial charge in [-0.05, 0) is 18.2 Å². The van der Waals surface area contributed by atoms with Crippen LogP contribution < -0.4 is 10.2 Å². The van der Waals surface area contributed by atoms with Crippen LogP contribution in [0.4, 0.5) is 28.4 Å². The van der Waals surface area contributed by atoms with E-state index >= 15 is 0 Å². The average Bonchev–Trinajstić information content (AvgIpc) is 2.93. The maximum Gasteiger partial charge on any atom is 0.323 e. The number of rotatable bonds is 5. The van der Waals surface area contributed by atoms with E-state index in [4.69, 9.17) is 0 Å². The van der Waals surface area contributed by atoms with Crippen molar-refractivity contribution in [3.63, 3.8) is 0 Å². The highest BCUT2D eigenvalue weighted by atomic mass is 16.6. The van der Waals surface area contributed by atoms with Gasteiger partial charge in [0, 0.05) is 23.9 Å². The first-order valence-electron chi connectivity index (χ1n) is 7.24. The van der Waals surface area contributed by atoms with E-state index in [-0.39, 0.29) is 5.69 Å². The summed E-state index contributed by atoms with van der Waals surface area (Å²) in [5.74, 6) is -1.53. The number of benzene rings is 2. The fourth-order valence-electron chi connectivity index (χ4n) is 2.51. The number of nitrogens with one attached hydrogen (secondary N) is 1. The van der Waals surface area contributed by atoms with Gasteiger partial charge in [0.05, 0.1) is 9.85 Å². The molecule has 3 rings (SSSR count). The Morgan fingerprint density at radius 2 is 1.46 bits per heavy atom. The molecule has 26 heavy (non-hydrogen) atoms. The second-order valence-electron chi connectivity index (χ2n) is 5.18. The van der Waals surface area contributed by atoms with Crippen molar-refractivity contribution in [2.45, 2.75) is 0 Å². The summed E-state index contributed by atoms with van der Waals surface area (Å²) < 4.78 is 0. The van der Waals surface area contributed by atoms with Gasteiger partial charge in [-0.15, -0.1) is 0 Å². The smallest absolute Gasteiger partial charge is 0.323 e. The molecular weight excluding hydrogens is 344 g/mol. The molecule has 1 aliphatic rings. The van der Waals surface area contributed by atoms with Gasteiger partial charge in [0.2, 0.25) is 0 Å². The molecule has 1 aliphatic heterocycles. The van der Waals surface area contributed by atoms with Crippen LogP contribution in [0.25, 0.3) is 0 Å². The van der Waals surface area contributed by atoms with Crippen molar-refractivity contribution in [1.82, 2.24) is 0 Å². The highest BCUT2D eigenvalue weighted by molar-refractivity contribution is 6.29. The molecule has 2 aromatic carbocycles. The molecule has 0 aliphatic carbocycles. The number of amides is 2. The van der Waals surface area contributed by atoms with Crippen molar-refractivity contribution in [2.75, 3.05) is 10.2 Å². The first-order chi connectivity index (χ1) is 12.4. The van der Waals surface area contributed by atoms with E-state index < -0.39 is 38.7 Å². The fourth-order valence-corrected chi connectivity index (χ4v) is 2.51. The second-order valence-corrected chi connectivity index (χ2v) is 5.18. The van der Waals surface area contributed by atoms with Crippen molar-refractivity contribution < 1.29 is 19.4 Å². The minimum Gasteiger partial charge on any atom is -0.344 e. The van der Waals surface area contributed by atoms with Crippen LogP contribution >= 0.6 is 0 Å². The predicted molar refractivity (Wildman–Crippen MR) is 91.1 cm³/mol. The first kappa shape index (κ1) is 16.8. The van der Waals surface area contributed by atoms with Gasteiger partial charge in [0.1, 0.15) is 5.69 Å². The van der Waals surface area contributed by atoms with Gasteiger partial charge in [-0.3, -0.25) is 29.8 Å². The number of para-hydroxylation sites is 1. The lowest BCUT2D eigenvalue weighted by Crippen LogP contribution is -2.30. The molecule has 0 saturated heterocycles. The van der Waals surface area contributed by atoms with E-state index in [9.17, 15) is 29.8 Å². The zero-order valence-corrected chi connectivity index (χ0v) is 13.0. The number of imide groups is 1. The average molecular weight is 354 g/mol. The summed E-state index contributed by atoms with van der Waals surface area (Å²) in [7, 11) is 0. The molecule has 0 bridgehead atoms. The molecule has 0 spiro atoms. The molecule has 1 N–H and O–H groups in total. The third-order valence-corrected chi connectivity index (χ3v) is 3.61. The van der Waals surface area contributed by atoms with E-state index in [1.165, 1.54) is 0 Å². The topological polar surface area (TPSA) is 136 Å². The Labute approximate surface area is 145 Å². The molecule has 2 amide bonds. The monoisotopic (exact) mass is 354 g/mol. The lowest BCUT2D eigenvalue weighted by molar-refractivity contribution is -0.391. The number of nitrogens with zero attached hydrogens (tertiary/aromatic N) is 3. The minimum absolute atomic E-state index is 0.348. The predicted octanol–water partition coefficient (Wildman–Crippen LogP) is 2.68. The summed E-state index contributed by atoms with van der Waals surface area (Å²) >= 11 is 0. The highest BCUT2D eigenvalue weighted by Crippen LogP contribution is 2.43. The molecule has 2 aromatic rings. The maximum atomic E-state index is 11.9. The Hall–Kier alpha value is -4.08. The Morgan fingerprint density at radius 1 is 0.846 bits per heavy atom. The van der Waals surface area contributed by atoms with Gasteiger partial charge < -0.3 is 5.32 Å². The standard InChI is InChI=1S/C16H10N4O6/c21-13-8-9-14(22)18(13)12-7-6-11(19(23)24)15(16(12)20(25)26)17-10-4-2-1-3-5-10/h1-9,17H. The number of carbonyl (C=O) groups is 2. The molecule has 0 aromatic heterocycles. The minimum atomic E-state index is -0.869. The quantitative estimate of drug-likeness (QED) is 0.495. The Morgan fingerprint density at radius 3 is 2.00 bits per heavy atom. The summed E-state index contributed by atoms with van der Waals surface area (Å²) in [6, 6.07) is 10.1. The fraction of sp³-hybridized carbons (Fsp3) is 0. The van der Waals surface area contributed by atoms with Crippen molar-refractivity contribution in [2.24, 2.45) is 0 Å². The molecule has 1 heterocycles. The molecule has 10 heteroatoms. The third-order valence-electron chi connectivity index (χ3n) is 3.61. The Bertz CT molecular complexity index is 952. The number of hydrogen-bond acceptors (Lipinski definition) is 7. The summed E-state index contributed by atoms with van der Waals surface area (Å²) in [5, 5.41) is 25.6. The normalized spacial score (nSPS) is 13.2. The van der Waals surface area contributed by atoms with Crippen LogP contribution in [0.2, 0.25) is 0 Å². The van der Waals surface area contributed by atoms with Crippen LogP contribution in [0.1, 0.15) is 0 Å². The number of carbonyl (C=O) groups excluding carboxylic acids is 2. The molecule has 130 valence electrons. The van der Waals surface area contributed by atoms with Gasteiger partial charge >= 0.3 is 5.69 Å². The van der Waals surface area contributed by atoms with Crippen LogP contribution in [0.3, 0.4) is 0 Å². The van der Waals surface area contributed by atoms with Gasteiger partial charge in [-0.25, -0.2) is 4.90 Å². The van der Waals surface area contributed by atoms with Gasteiger partial charge in [-0.1, -0.05) is 18.2 Å². The van der Waals surface area contributed by atoms with Crippen LogP contribution in [0, 0.1) is 20.2 Å². The lowest BCUT2D eigenvalue weighted by atomic mass is 10.1. The van der Waals surface area contributed by atoms with Crippen molar-refractivity contribution in [1.29, 1.82) is 0 Å². The summed E-state index contributed by atoms with van der Waals surface area (Å²) in [6.07, 6.45) is 1.94. The first-order valence-corrected chi connectivity index (χ1v) is 7.24. The SMILES string of the molecule is O=C1C=CC(=O)N1c1ccc([N+](=O)[O-])c(Nc2ccccc2)c1[N+](=O)[O-]. The van der Waals surface area contributed by atoms with Crippen molar-refractivity contribution in [3.8, 4) is 0 Å². The molecule has 0 saturated carbocycles. The van der Waals surface area contributed by atoms with Crippen LogP contribution in [0.5, 0.6) is 0 Å². The Kier molecular flexibility index (Phi) is 4.15. The number of hydrogen-bond donors (Lipinski definition) is 1. The van der Waals surface area contributed by atoms with E-state index in [2.05, 4.69) is 5.32 Å². The molecule has 0 unspecified atom stereocenters. The van der Waals surface area contributed by atoms with Crippen LogP contribution in [-0.4, -0.2) is 21.7 Å². The van der Waals surface area contributed by atoms with Gasteiger partial charge in [0.15, 0.2) is 5.69 Å². The molecule has 0 fully saturated rings. The van der Waals surface area contributed by atoms with E-state index in [1.807, 2.05) is 0 Å². The Balaban J connectivity index is 2.23. The number of nitro groups is 2. The molecular formula is C16H10N4O6. The van der Waals surface area contributed by atoms with E-state index in [1.54, 1.807) is 30.3 Å². The van der Waals surface area contributed by atoms with Crippen molar-refractivity contribution in [3.05, 3.63) is 74.8 Å². The molecule has 0 radical (unpaired) electrons. The summed E-state index contributed by atoms with van der Waals surface area (Å²) in [6.45, 7) is 0. The van der Waals surface area contributed by atoms with Gasteiger partial charge in [0.25, 0.3) is 17.5 Å². The number of anilines is 3. The maximum absolute atomic E-state index is 11.9. The third kappa shape index (κ3) is 2.86. The van der Waals surface area contributed by atoms with Crippen molar-refractivity contribution >= 4 is 40.3 Å². The lowest BCUT2D eigenvalue weighted by Gasteiger charge is -2.16. The summed E-state index contributed by atoms with van der Waals surface area (Å²) in [4.78, 5) is 45.7. The summed E-state index contributed by atoms with van der Waals surface area (Å²) in [5.41, 5.74) is -1.70. The van der Waals surface area contributed by atoms with Gasteiger partial charge in [-0.2, -0.15) is 0 Å². The van der Waals surface area contributed by atoms with Crippen LogP contribution in [0.15, 0.2) is 54.6 Å².